The summed E-state index contributed by atoms with van der Waals surface area (Å²) in [6, 6.07) is 7.58. The second-order valence-electron chi connectivity index (χ2n) is 10.2. The third kappa shape index (κ3) is 3.80. The molecular formula is C27H28F2N2O3. The molecule has 2 heterocycles. The molecule has 0 amide bonds. The lowest BCUT2D eigenvalue weighted by atomic mass is 9.78. The first-order valence-electron chi connectivity index (χ1n) is 12.2. The predicted octanol–water partition coefficient (Wildman–Crippen LogP) is 5.15. The zero-order chi connectivity index (χ0) is 23.4. The van der Waals surface area contributed by atoms with Crippen molar-refractivity contribution in [1.29, 1.82) is 0 Å². The normalized spacial score (nSPS) is 28.1. The number of hydrogen-bond donors (Lipinski definition) is 0. The lowest BCUT2D eigenvalue weighted by molar-refractivity contribution is -0.121. The van der Waals surface area contributed by atoms with E-state index in [-0.39, 0.29) is 23.8 Å². The third-order valence-electron chi connectivity index (χ3n) is 8.09. The lowest BCUT2D eigenvalue weighted by Crippen LogP contribution is -2.44. The van der Waals surface area contributed by atoms with Crippen molar-refractivity contribution in [2.75, 3.05) is 6.61 Å². The van der Waals surface area contributed by atoms with Crippen LogP contribution in [0.25, 0.3) is 10.9 Å². The molecule has 1 aliphatic heterocycles. The monoisotopic (exact) mass is 466 g/mol. The summed E-state index contributed by atoms with van der Waals surface area (Å²) in [5, 5.41) is 0.420. The molecule has 3 aromatic rings. The van der Waals surface area contributed by atoms with E-state index in [1.165, 1.54) is 25.2 Å². The number of benzene rings is 2. The van der Waals surface area contributed by atoms with E-state index < -0.39 is 11.6 Å². The van der Waals surface area contributed by atoms with Crippen molar-refractivity contribution in [3.05, 3.63) is 69.8 Å². The number of halogens is 2. The summed E-state index contributed by atoms with van der Waals surface area (Å²) in [7, 11) is 0. The lowest BCUT2D eigenvalue weighted by Gasteiger charge is -2.42. The Kier molecular flexibility index (Phi) is 5.21. The second kappa shape index (κ2) is 8.15. The SMILES string of the molecule is Cc1cc(F)cc(F)c1Cn1cnc(=O)c2cc(OC3CCC4(CC3)OCCC3CC34)ccc21. The van der Waals surface area contributed by atoms with Crippen molar-refractivity contribution in [2.24, 2.45) is 11.8 Å². The van der Waals surface area contributed by atoms with Crippen LogP contribution in [0.5, 0.6) is 5.75 Å². The number of aromatic nitrogens is 2. The van der Waals surface area contributed by atoms with Gasteiger partial charge < -0.3 is 14.0 Å². The average molecular weight is 467 g/mol. The van der Waals surface area contributed by atoms with E-state index in [0.29, 0.717) is 27.8 Å². The number of ether oxygens (including phenoxy) is 2. The van der Waals surface area contributed by atoms with Gasteiger partial charge in [-0.15, -0.1) is 0 Å². The van der Waals surface area contributed by atoms with Crippen LogP contribution in [0.1, 0.15) is 49.7 Å². The Morgan fingerprint density at radius 1 is 1.18 bits per heavy atom. The van der Waals surface area contributed by atoms with Crippen molar-refractivity contribution >= 4 is 10.9 Å². The zero-order valence-electron chi connectivity index (χ0n) is 19.2. The minimum absolute atomic E-state index is 0.0670. The van der Waals surface area contributed by atoms with Gasteiger partial charge >= 0.3 is 0 Å². The van der Waals surface area contributed by atoms with Gasteiger partial charge in [-0.05, 0) is 87.1 Å². The number of rotatable bonds is 4. The quantitative estimate of drug-likeness (QED) is 0.534. The summed E-state index contributed by atoms with van der Waals surface area (Å²) in [5.41, 5.74) is 1.23. The fourth-order valence-corrected chi connectivity index (χ4v) is 6.13. The maximum Gasteiger partial charge on any atom is 0.280 e. The van der Waals surface area contributed by atoms with Crippen molar-refractivity contribution in [2.45, 2.75) is 63.7 Å². The van der Waals surface area contributed by atoms with Gasteiger partial charge in [0.1, 0.15) is 17.4 Å². The van der Waals surface area contributed by atoms with E-state index in [4.69, 9.17) is 9.47 Å². The fraction of sp³-hybridized carbons (Fsp3) is 0.481. The molecule has 2 aromatic carbocycles. The van der Waals surface area contributed by atoms with E-state index in [1.54, 1.807) is 17.6 Å². The van der Waals surface area contributed by atoms with Gasteiger partial charge in [0.25, 0.3) is 5.56 Å². The maximum atomic E-state index is 14.4. The highest BCUT2D eigenvalue weighted by atomic mass is 19.1. The van der Waals surface area contributed by atoms with E-state index >= 15 is 0 Å². The van der Waals surface area contributed by atoms with Gasteiger partial charge in [-0.3, -0.25) is 4.79 Å². The van der Waals surface area contributed by atoms with Gasteiger partial charge in [-0.2, -0.15) is 4.98 Å². The Morgan fingerprint density at radius 2 is 2.00 bits per heavy atom. The maximum absolute atomic E-state index is 14.4. The van der Waals surface area contributed by atoms with Crippen molar-refractivity contribution < 1.29 is 18.3 Å². The van der Waals surface area contributed by atoms with Crippen LogP contribution >= 0.6 is 0 Å². The topological polar surface area (TPSA) is 53.4 Å². The molecule has 34 heavy (non-hydrogen) atoms. The first kappa shape index (κ1) is 21.7. The van der Waals surface area contributed by atoms with Crippen LogP contribution in [0.2, 0.25) is 0 Å². The van der Waals surface area contributed by atoms with Crippen molar-refractivity contribution in [3.8, 4) is 5.75 Å². The van der Waals surface area contributed by atoms with Gasteiger partial charge in [-0.1, -0.05) is 0 Å². The molecule has 2 aliphatic carbocycles. The molecule has 2 atom stereocenters. The minimum atomic E-state index is -0.612. The zero-order valence-corrected chi connectivity index (χ0v) is 19.2. The van der Waals surface area contributed by atoms with Crippen LogP contribution in [-0.2, 0) is 11.3 Å². The highest BCUT2D eigenvalue weighted by Crippen LogP contribution is 2.58. The fourth-order valence-electron chi connectivity index (χ4n) is 6.13. The molecular weight excluding hydrogens is 438 g/mol. The molecule has 0 bridgehead atoms. The summed E-state index contributed by atoms with van der Waals surface area (Å²) in [6.45, 7) is 2.70. The predicted molar refractivity (Wildman–Crippen MR) is 124 cm³/mol. The summed E-state index contributed by atoms with van der Waals surface area (Å²) >= 11 is 0. The first-order valence-corrected chi connectivity index (χ1v) is 12.2. The minimum Gasteiger partial charge on any atom is -0.490 e. The summed E-state index contributed by atoms with van der Waals surface area (Å²) in [5.74, 6) is 1.03. The highest BCUT2D eigenvalue weighted by molar-refractivity contribution is 5.79. The number of nitrogens with zero attached hydrogens (tertiary/aromatic N) is 2. The third-order valence-corrected chi connectivity index (χ3v) is 8.09. The van der Waals surface area contributed by atoms with E-state index in [2.05, 4.69) is 4.98 Å². The average Bonchev–Trinajstić information content (AvgIpc) is 3.61. The van der Waals surface area contributed by atoms with Crippen LogP contribution in [0.3, 0.4) is 0 Å². The molecule has 3 aliphatic rings. The van der Waals surface area contributed by atoms with Gasteiger partial charge in [0.05, 0.1) is 35.5 Å². The summed E-state index contributed by atoms with van der Waals surface area (Å²) in [6.07, 6.45) is 7.99. The van der Waals surface area contributed by atoms with E-state index in [1.807, 2.05) is 12.1 Å². The summed E-state index contributed by atoms with van der Waals surface area (Å²) in [4.78, 5) is 16.5. The molecule has 178 valence electrons. The van der Waals surface area contributed by atoms with Crippen LogP contribution in [-0.4, -0.2) is 27.9 Å². The van der Waals surface area contributed by atoms with Crippen molar-refractivity contribution in [3.63, 3.8) is 0 Å². The molecule has 0 N–H and O–H groups in total. The van der Waals surface area contributed by atoms with Crippen LogP contribution < -0.4 is 10.3 Å². The van der Waals surface area contributed by atoms with Crippen molar-refractivity contribution in [1.82, 2.24) is 9.55 Å². The smallest absolute Gasteiger partial charge is 0.280 e. The Morgan fingerprint density at radius 3 is 2.79 bits per heavy atom. The molecule has 1 spiro atoms. The Balaban J connectivity index is 1.21. The van der Waals surface area contributed by atoms with E-state index in [0.717, 1.165) is 50.2 Å². The van der Waals surface area contributed by atoms with Crippen LogP contribution in [0.15, 0.2) is 41.5 Å². The van der Waals surface area contributed by atoms with Crippen LogP contribution in [0.4, 0.5) is 8.78 Å². The largest absolute Gasteiger partial charge is 0.490 e. The summed E-state index contributed by atoms with van der Waals surface area (Å²) < 4.78 is 42.1. The van der Waals surface area contributed by atoms with Gasteiger partial charge in [0.15, 0.2) is 0 Å². The van der Waals surface area contributed by atoms with Gasteiger partial charge in [-0.25, -0.2) is 8.78 Å². The number of aryl methyl sites for hydroxylation is 1. The Bertz CT molecular complexity index is 1290. The molecule has 1 aromatic heterocycles. The number of hydrogen-bond acceptors (Lipinski definition) is 4. The second-order valence-corrected chi connectivity index (χ2v) is 10.2. The van der Waals surface area contributed by atoms with Gasteiger partial charge in [0, 0.05) is 18.2 Å². The molecule has 3 fully saturated rings. The molecule has 2 saturated carbocycles. The molecule has 5 nitrogen and oxygen atoms in total. The molecule has 0 radical (unpaired) electrons. The van der Waals surface area contributed by atoms with Crippen LogP contribution in [0, 0.1) is 30.4 Å². The first-order chi connectivity index (χ1) is 16.4. The molecule has 2 unspecified atom stereocenters. The van der Waals surface area contributed by atoms with Gasteiger partial charge in [0.2, 0.25) is 0 Å². The Hall–Kier alpha value is -2.80. The molecule has 6 rings (SSSR count). The number of fused-ring (bicyclic) bond motifs is 3. The molecule has 1 saturated heterocycles. The standard InChI is InChI=1S/C27H28F2N2O3/c1-16-10-18(28)12-24(29)22(16)14-31-15-30-26(32)21-13-20(2-3-25(21)31)34-19-4-7-27(8-5-19)23-11-17(23)6-9-33-27/h2-3,10,12-13,15,17,19,23H,4-9,11,14H2,1H3. The highest BCUT2D eigenvalue weighted by Gasteiger charge is 2.56. The molecule has 7 heteroatoms. The van der Waals surface area contributed by atoms with E-state index in [9.17, 15) is 13.6 Å². The Labute approximate surface area is 196 Å².